The minimum atomic E-state index is -1.53. The summed E-state index contributed by atoms with van der Waals surface area (Å²) in [4.78, 5) is 41.2. The Labute approximate surface area is 253 Å². The van der Waals surface area contributed by atoms with Crippen molar-refractivity contribution in [3.05, 3.63) is 46.1 Å². The second-order valence-electron chi connectivity index (χ2n) is 14.0. The molecule has 3 heterocycles. The molecule has 230 valence electrons. The number of carbonyl (C=O) groups excluding carboxylic acids is 3. The fraction of sp³-hybridized carbons (Fsp3) is 0.571. The molecule has 3 saturated carbocycles. The van der Waals surface area contributed by atoms with Gasteiger partial charge in [-0.2, -0.15) is 0 Å². The van der Waals surface area contributed by atoms with Crippen LogP contribution in [0.2, 0.25) is 0 Å². The number of hydrogen-bond donors (Lipinski definition) is 1. The summed E-state index contributed by atoms with van der Waals surface area (Å²) in [6.07, 6.45) is 8.33. The number of phenolic OH excluding ortho intramolecular Hbond substituents is 1. The van der Waals surface area contributed by atoms with E-state index in [9.17, 15) is 19.5 Å². The Bertz CT molecular complexity index is 1520. The van der Waals surface area contributed by atoms with Crippen molar-refractivity contribution < 1.29 is 38.4 Å². The summed E-state index contributed by atoms with van der Waals surface area (Å²) in [6, 6.07) is 0. The predicted octanol–water partition coefficient (Wildman–Crippen LogP) is 5.72. The Morgan fingerprint density at radius 3 is 2.47 bits per heavy atom. The van der Waals surface area contributed by atoms with E-state index in [4.69, 9.17) is 18.9 Å². The molecule has 1 aromatic carbocycles. The Hall–Kier alpha value is -3.23. The van der Waals surface area contributed by atoms with Crippen LogP contribution in [-0.2, 0) is 25.5 Å². The summed E-state index contributed by atoms with van der Waals surface area (Å²) >= 11 is 0. The number of rotatable bonds is 7. The molecule has 7 rings (SSSR count). The summed E-state index contributed by atoms with van der Waals surface area (Å²) in [5.74, 6) is -1.82. The van der Waals surface area contributed by atoms with E-state index >= 15 is 0 Å². The van der Waals surface area contributed by atoms with Gasteiger partial charge >= 0.3 is 0 Å². The Morgan fingerprint density at radius 2 is 1.81 bits per heavy atom. The minimum absolute atomic E-state index is 0.0806. The van der Waals surface area contributed by atoms with Gasteiger partial charge in [0.1, 0.15) is 34.7 Å². The molecule has 0 aromatic heterocycles. The predicted molar refractivity (Wildman–Crippen MR) is 161 cm³/mol. The Morgan fingerprint density at radius 1 is 1.09 bits per heavy atom. The van der Waals surface area contributed by atoms with Crippen molar-refractivity contribution in [1.29, 1.82) is 0 Å². The van der Waals surface area contributed by atoms with Crippen molar-refractivity contribution in [1.82, 2.24) is 0 Å². The van der Waals surface area contributed by atoms with E-state index in [1.54, 1.807) is 19.1 Å². The van der Waals surface area contributed by atoms with E-state index in [1.807, 2.05) is 60.6 Å². The lowest BCUT2D eigenvalue weighted by Crippen LogP contribution is -2.80. The molecule has 0 unspecified atom stereocenters. The second-order valence-corrected chi connectivity index (χ2v) is 14.0. The van der Waals surface area contributed by atoms with Gasteiger partial charge in [0.15, 0.2) is 22.8 Å². The van der Waals surface area contributed by atoms with Crippen molar-refractivity contribution in [2.75, 3.05) is 6.61 Å². The average molecular weight is 591 g/mol. The third-order valence-electron chi connectivity index (χ3n) is 10.1. The third kappa shape index (κ3) is 3.91. The van der Waals surface area contributed by atoms with Crippen LogP contribution in [0.1, 0.15) is 89.7 Å². The van der Waals surface area contributed by atoms with Crippen molar-refractivity contribution >= 4 is 23.9 Å². The maximum Gasteiger partial charge on any atom is 0.180 e. The van der Waals surface area contributed by atoms with Crippen LogP contribution in [-0.4, -0.2) is 58.1 Å². The van der Waals surface area contributed by atoms with Crippen LogP contribution >= 0.6 is 0 Å². The first kappa shape index (κ1) is 29.8. The van der Waals surface area contributed by atoms with Crippen molar-refractivity contribution in [3.63, 3.8) is 0 Å². The van der Waals surface area contributed by atoms with Crippen molar-refractivity contribution in [2.45, 2.75) is 103 Å². The highest BCUT2D eigenvalue weighted by molar-refractivity contribution is 6.10. The zero-order valence-corrected chi connectivity index (χ0v) is 26.3. The quantitative estimate of drug-likeness (QED) is 0.244. The van der Waals surface area contributed by atoms with Gasteiger partial charge in [0.25, 0.3) is 0 Å². The highest BCUT2D eigenvalue weighted by Crippen LogP contribution is 2.70. The number of hydrogen-bond acceptors (Lipinski definition) is 8. The van der Waals surface area contributed by atoms with Gasteiger partial charge in [-0.15, -0.1) is 0 Å². The number of aldehydes is 1. The molecule has 1 saturated heterocycles. The maximum absolute atomic E-state index is 15.0. The Balaban J connectivity index is 1.68. The molecule has 6 atom stereocenters. The molecule has 43 heavy (non-hydrogen) atoms. The topological polar surface area (TPSA) is 108 Å². The molecule has 3 aliphatic carbocycles. The minimum Gasteiger partial charge on any atom is -0.506 e. The smallest absolute Gasteiger partial charge is 0.180 e. The average Bonchev–Trinajstić information content (AvgIpc) is 3.07. The number of phenols is 1. The lowest BCUT2D eigenvalue weighted by atomic mass is 9.45. The number of carbonyl (C=O) groups is 3. The first-order valence-corrected chi connectivity index (χ1v) is 15.3. The molecular weight excluding hydrogens is 548 g/mol. The normalized spacial score (nSPS) is 34.1. The second kappa shape index (κ2) is 9.63. The highest BCUT2D eigenvalue weighted by atomic mass is 16.6. The molecule has 1 N–H and O–H groups in total. The van der Waals surface area contributed by atoms with E-state index in [1.165, 1.54) is 0 Å². The molecule has 6 aliphatic rings. The number of Topliss-reactive ketones (excluding diaryl/α,β-unsaturated/α-hetero) is 2. The largest absolute Gasteiger partial charge is 0.506 e. The van der Waals surface area contributed by atoms with Crippen molar-refractivity contribution in [3.8, 4) is 17.2 Å². The summed E-state index contributed by atoms with van der Waals surface area (Å²) in [7, 11) is 0. The van der Waals surface area contributed by atoms with E-state index < -0.39 is 40.3 Å². The maximum atomic E-state index is 15.0. The van der Waals surface area contributed by atoms with Crippen LogP contribution in [0.25, 0.3) is 6.08 Å². The SMILES string of the molecule is CCO[C@H]1[C@@H]2C[C@H]3C(C)(C)O[C@@](C/C=C(\C)C=O)(C2=O)[C@]32Oc3c(CC=C(C)C)c4c(c(O)c3C(=O)[C@H]12)C=CC(C)(C)O4. The molecule has 1 spiro atoms. The monoisotopic (exact) mass is 590 g/mol. The zero-order chi connectivity index (χ0) is 31.3. The van der Waals surface area contributed by atoms with Gasteiger partial charge in [0.2, 0.25) is 0 Å². The molecule has 8 heteroatoms. The third-order valence-corrected chi connectivity index (χ3v) is 10.1. The van der Waals surface area contributed by atoms with E-state index in [0.717, 1.165) is 11.9 Å². The molecule has 1 aromatic rings. The number of allylic oxidation sites excluding steroid dienone is 3. The fourth-order valence-electron chi connectivity index (χ4n) is 8.38. The van der Waals surface area contributed by atoms with Gasteiger partial charge in [-0.05, 0) is 86.0 Å². The van der Waals surface area contributed by atoms with Gasteiger partial charge in [0, 0.05) is 30.4 Å². The summed E-state index contributed by atoms with van der Waals surface area (Å²) < 4.78 is 26.7. The van der Waals surface area contributed by atoms with Gasteiger partial charge in [-0.25, -0.2) is 0 Å². The standard InChI is InChI=1S/C35H42O8/c1-9-40-30-22-16-23-33(7,8)43-34(31(22)39,15-12-19(4)17-36)35(23)25(30)27(38)24-26(37)20-13-14-32(5,6)41-28(20)21(29(24)42-35)11-10-18(2)3/h10,12-14,17,22-23,25,30,37H,9,11,15-16H2,1-8H3/b19-12+/t22-,23-,25+,30-,34-,35-/m0/s1. The first-order valence-electron chi connectivity index (χ1n) is 15.3. The van der Waals surface area contributed by atoms with Crippen LogP contribution in [0.3, 0.4) is 0 Å². The molecule has 3 aliphatic heterocycles. The molecule has 8 nitrogen and oxygen atoms in total. The van der Waals surface area contributed by atoms with E-state index in [2.05, 4.69) is 0 Å². The van der Waals surface area contributed by atoms with Crippen LogP contribution in [0, 0.1) is 17.8 Å². The van der Waals surface area contributed by atoms with Gasteiger partial charge < -0.3 is 24.1 Å². The zero-order valence-electron chi connectivity index (χ0n) is 26.3. The number of ketones is 2. The van der Waals surface area contributed by atoms with Crippen LogP contribution < -0.4 is 9.47 Å². The van der Waals surface area contributed by atoms with Crippen LogP contribution in [0.4, 0.5) is 0 Å². The number of aromatic hydroxyl groups is 1. The van der Waals surface area contributed by atoms with Gasteiger partial charge in [-0.3, -0.25) is 14.4 Å². The highest BCUT2D eigenvalue weighted by Gasteiger charge is 2.85. The van der Waals surface area contributed by atoms with Crippen molar-refractivity contribution in [2.24, 2.45) is 17.8 Å². The molecule has 4 fully saturated rings. The van der Waals surface area contributed by atoms with Crippen LogP contribution in [0.15, 0.2) is 29.4 Å². The number of ether oxygens (including phenoxy) is 4. The fourth-order valence-corrected chi connectivity index (χ4v) is 8.38. The summed E-state index contributed by atoms with van der Waals surface area (Å²) in [5.41, 5.74) is -1.73. The molecule has 0 radical (unpaired) electrons. The summed E-state index contributed by atoms with van der Waals surface area (Å²) in [5, 5.41) is 11.7. The lowest BCUT2D eigenvalue weighted by molar-refractivity contribution is -0.226. The molecule has 0 amide bonds. The Kier molecular flexibility index (Phi) is 6.68. The van der Waals surface area contributed by atoms with Gasteiger partial charge in [-0.1, -0.05) is 17.7 Å². The van der Waals surface area contributed by atoms with E-state index in [0.29, 0.717) is 41.9 Å². The molecular formula is C35H42O8. The van der Waals surface area contributed by atoms with Gasteiger partial charge in [0.05, 0.1) is 23.2 Å². The van der Waals surface area contributed by atoms with Crippen LogP contribution in [0.5, 0.6) is 17.2 Å². The van der Waals surface area contributed by atoms with E-state index in [-0.39, 0.29) is 41.0 Å². The first-order chi connectivity index (χ1) is 20.2. The number of benzene rings is 1. The number of fused-ring (bicyclic) bond motifs is 2. The summed E-state index contributed by atoms with van der Waals surface area (Å²) in [6.45, 7) is 15.6. The molecule has 4 bridgehead atoms. The lowest BCUT2D eigenvalue weighted by Gasteiger charge is -2.62.